The zero-order chi connectivity index (χ0) is 43.2. The highest BCUT2D eigenvalue weighted by atomic mass is 31.2. The third-order valence-electron chi connectivity index (χ3n) is 10.9. The standard InChI is InChI=1S/C43H79O14P/c1-4-6-15-21-34(45)25-26-38-39(41(49)28-40(38)48)27-35(46)22-18-19-24-43(51)57-37(32-56-58(52,53)55-30-36(47)29-44)31-54-42(50)23-17-14-12-10-8-7-9-11-13-16-20-33(3)5-2/h25-26,33-34,36-41,44-45,47-49H,4-24,27-32H2,1-3H3,(H,52,53)/b26-25+/t33?,34-,36-,37+,38+,39+,40+,41-/m0/s1. The first kappa shape index (κ1) is 54.3. The van der Waals surface area contributed by atoms with Crippen LogP contribution in [0.4, 0.5) is 0 Å². The molecule has 0 amide bonds. The van der Waals surface area contributed by atoms with Crippen LogP contribution in [0.25, 0.3) is 0 Å². The lowest BCUT2D eigenvalue weighted by Gasteiger charge is -2.21. The summed E-state index contributed by atoms with van der Waals surface area (Å²) >= 11 is 0. The largest absolute Gasteiger partial charge is 0.472 e. The Morgan fingerprint density at radius 1 is 0.741 bits per heavy atom. The number of hydrogen-bond acceptors (Lipinski definition) is 13. The topological polar surface area (TPSA) is 227 Å². The Morgan fingerprint density at radius 3 is 1.95 bits per heavy atom. The van der Waals surface area contributed by atoms with E-state index >= 15 is 0 Å². The van der Waals surface area contributed by atoms with Gasteiger partial charge in [-0.1, -0.05) is 123 Å². The van der Waals surface area contributed by atoms with Gasteiger partial charge in [-0.15, -0.1) is 0 Å². The number of rotatable bonds is 37. The van der Waals surface area contributed by atoms with Crippen LogP contribution in [-0.4, -0.2) is 105 Å². The Hall–Kier alpha value is -1.74. The zero-order valence-corrected chi connectivity index (χ0v) is 36.7. The van der Waals surface area contributed by atoms with Crippen molar-refractivity contribution < 1.29 is 67.9 Å². The number of aliphatic hydroxyl groups is 5. The van der Waals surface area contributed by atoms with E-state index in [-0.39, 0.29) is 44.3 Å². The highest BCUT2D eigenvalue weighted by Crippen LogP contribution is 2.43. The van der Waals surface area contributed by atoms with E-state index in [0.717, 1.165) is 44.4 Å². The number of Topliss-reactive ketones (excluding diaryl/α,β-unsaturated/α-hetero) is 1. The predicted molar refractivity (Wildman–Crippen MR) is 222 cm³/mol. The van der Waals surface area contributed by atoms with Crippen molar-refractivity contribution in [3.8, 4) is 0 Å². The van der Waals surface area contributed by atoms with E-state index in [0.29, 0.717) is 19.3 Å². The molecule has 1 fully saturated rings. The van der Waals surface area contributed by atoms with E-state index in [1.54, 1.807) is 12.2 Å². The summed E-state index contributed by atoms with van der Waals surface area (Å²) < 4.78 is 32.6. The predicted octanol–water partition coefficient (Wildman–Crippen LogP) is 7.03. The van der Waals surface area contributed by atoms with Crippen molar-refractivity contribution in [3.63, 3.8) is 0 Å². The molecule has 6 N–H and O–H groups in total. The van der Waals surface area contributed by atoms with Gasteiger partial charge in [-0.05, 0) is 31.6 Å². The lowest BCUT2D eigenvalue weighted by atomic mass is 9.87. The minimum atomic E-state index is -4.72. The quantitative estimate of drug-likeness (QED) is 0.0160. The molecule has 0 aliphatic heterocycles. The molecule has 2 unspecified atom stereocenters. The van der Waals surface area contributed by atoms with Crippen LogP contribution >= 0.6 is 7.82 Å². The summed E-state index contributed by atoms with van der Waals surface area (Å²) in [5.41, 5.74) is 0. The SMILES string of the molecule is CCCCC[C@H](O)/C=C/[C@@H]1[C@@H](CC(=O)CCCCC(=O)O[C@H](COC(=O)CCCCCCCCCCCCC(C)CC)COP(=O)(O)OC[C@@H](O)CO)[C@@H](O)C[C@H]1O. The number of aliphatic hydroxyl groups excluding tert-OH is 5. The number of unbranched alkanes of at least 4 members (excludes halogenated alkanes) is 12. The second-order valence-electron chi connectivity index (χ2n) is 16.3. The molecule has 0 saturated heterocycles. The van der Waals surface area contributed by atoms with E-state index in [4.69, 9.17) is 19.1 Å². The van der Waals surface area contributed by atoms with Crippen LogP contribution in [0.5, 0.6) is 0 Å². The number of phosphoric ester groups is 1. The van der Waals surface area contributed by atoms with Gasteiger partial charge < -0.3 is 39.9 Å². The van der Waals surface area contributed by atoms with Gasteiger partial charge in [-0.2, -0.15) is 0 Å². The molecule has 9 atom stereocenters. The van der Waals surface area contributed by atoms with Gasteiger partial charge in [-0.3, -0.25) is 23.4 Å². The van der Waals surface area contributed by atoms with E-state index in [1.807, 2.05) is 0 Å². The first-order chi connectivity index (χ1) is 27.7. The normalized spacial score (nSPS) is 21.4. The van der Waals surface area contributed by atoms with Gasteiger partial charge in [0.05, 0.1) is 38.1 Å². The monoisotopic (exact) mass is 851 g/mol. The molecule has 15 heteroatoms. The molecular weight excluding hydrogens is 771 g/mol. The van der Waals surface area contributed by atoms with Gasteiger partial charge in [0.1, 0.15) is 18.5 Å². The number of carbonyl (C=O) groups is 3. The van der Waals surface area contributed by atoms with E-state index < -0.39 is 88.5 Å². The maximum absolute atomic E-state index is 12.9. The number of esters is 2. The van der Waals surface area contributed by atoms with Crippen molar-refractivity contribution in [2.24, 2.45) is 17.8 Å². The van der Waals surface area contributed by atoms with Crippen molar-refractivity contribution in [2.75, 3.05) is 26.4 Å². The Bertz CT molecular complexity index is 1170. The fourth-order valence-electron chi connectivity index (χ4n) is 7.02. The highest BCUT2D eigenvalue weighted by molar-refractivity contribution is 7.47. The maximum Gasteiger partial charge on any atom is 0.472 e. The molecular formula is C43H79O14P. The van der Waals surface area contributed by atoms with E-state index in [2.05, 4.69) is 25.3 Å². The number of ether oxygens (including phenoxy) is 2. The van der Waals surface area contributed by atoms with E-state index in [1.165, 1.54) is 51.4 Å². The van der Waals surface area contributed by atoms with Crippen LogP contribution in [-0.2, 0) is 37.5 Å². The van der Waals surface area contributed by atoms with Crippen molar-refractivity contribution in [1.82, 2.24) is 0 Å². The van der Waals surface area contributed by atoms with Gasteiger partial charge in [0.2, 0.25) is 0 Å². The van der Waals surface area contributed by atoms with Gasteiger partial charge >= 0.3 is 19.8 Å². The molecule has 0 aromatic heterocycles. The second kappa shape index (κ2) is 33.0. The molecule has 0 aromatic carbocycles. The number of hydrogen-bond donors (Lipinski definition) is 6. The molecule has 340 valence electrons. The number of phosphoric acid groups is 1. The minimum absolute atomic E-state index is 0.0475. The summed E-state index contributed by atoms with van der Waals surface area (Å²) in [4.78, 5) is 48.0. The molecule has 1 aliphatic rings. The molecule has 58 heavy (non-hydrogen) atoms. The molecule has 0 spiro atoms. The van der Waals surface area contributed by atoms with Gasteiger partial charge in [-0.25, -0.2) is 4.57 Å². The van der Waals surface area contributed by atoms with Crippen LogP contribution < -0.4 is 0 Å². The summed E-state index contributed by atoms with van der Waals surface area (Å²) in [5, 5.41) is 49.7. The smallest absolute Gasteiger partial charge is 0.462 e. The summed E-state index contributed by atoms with van der Waals surface area (Å²) in [5.74, 6) is -1.47. The molecule has 1 saturated carbocycles. The summed E-state index contributed by atoms with van der Waals surface area (Å²) in [6.07, 6.45) is 16.7. The van der Waals surface area contributed by atoms with Gasteiger partial charge in [0.15, 0.2) is 6.10 Å². The van der Waals surface area contributed by atoms with Crippen LogP contribution in [0, 0.1) is 17.8 Å². The van der Waals surface area contributed by atoms with Gasteiger partial charge in [0, 0.05) is 43.9 Å². The fraction of sp³-hybridized carbons (Fsp3) is 0.884. The van der Waals surface area contributed by atoms with Crippen LogP contribution in [0.2, 0.25) is 0 Å². The Balaban J connectivity index is 2.50. The molecule has 0 heterocycles. The van der Waals surface area contributed by atoms with Crippen LogP contribution in [0.15, 0.2) is 12.2 Å². The fourth-order valence-corrected chi connectivity index (χ4v) is 7.81. The summed E-state index contributed by atoms with van der Waals surface area (Å²) in [6.45, 7) is 4.17. The molecule has 0 bridgehead atoms. The average Bonchev–Trinajstić information content (AvgIpc) is 3.46. The number of ketones is 1. The minimum Gasteiger partial charge on any atom is -0.462 e. The first-order valence-corrected chi connectivity index (χ1v) is 23.7. The Morgan fingerprint density at radius 2 is 1.31 bits per heavy atom. The zero-order valence-electron chi connectivity index (χ0n) is 35.8. The molecule has 14 nitrogen and oxygen atoms in total. The molecule has 1 rings (SSSR count). The molecule has 0 aromatic rings. The van der Waals surface area contributed by atoms with Crippen LogP contribution in [0.3, 0.4) is 0 Å². The molecule has 1 aliphatic carbocycles. The van der Waals surface area contributed by atoms with Gasteiger partial charge in [0.25, 0.3) is 0 Å². The third kappa shape index (κ3) is 27.2. The van der Waals surface area contributed by atoms with Crippen molar-refractivity contribution in [1.29, 1.82) is 0 Å². The Kier molecular flexibility index (Phi) is 30.8. The highest BCUT2D eigenvalue weighted by Gasteiger charge is 2.41. The second-order valence-corrected chi connectivity index (χ2v) is 17.7. The number of carbonyl (C=O) groups excluding carboxylic acids is 3. The third-order valence-corrected chi connectivity index (χ3v) is 11.9. The van der Waals surface area contributed by atoms with Crippen LogP contribution in [0.1, 0.15) is 168 Å². The van der Waals surface area contributed by atoms with Crippen molar-refractivity contribution >= 4 is 25.5 Å². The average molecular weight is 851 g/mol. The summed E-state index contributed by atoms with van der Waals surface area (Å²) in [6, 6.07) is 0. The lowest BCUT2D eigenvalue weighted by molar-refractivity contribution is -0.161. The van der Waals surface area contributed by atoms with E-state index in [9.17, 15) is 44.3 Å². The summed E-state index contributed by atoms with van der Waals surface area (Å²) in [7, 11) is -4.72. The van der Waals surface area contributed by atoms with Crippen molar-refractivity contribution in [3.05, 3.63) is 12.2 Å². The molecule has 0 radical (unpaired) electrons. The first-order valence-electron chi connectivity index (χ1n) is 22.2. The maximum atomic E-state index is 12.9. The lowest BCUT2D eigenvalue weighted by Crippen LogP contribution is -2.30. The Labute approximate surface area is 348 Å². The van der Waals surface area contributed by atoms with Crippen molar-refractivity contribution in [2.45, 2.75) is 199 Å².